The van der Waals surface area contributed by atoms with Crippen LogP contribution in [-0.4, -0.2) is 19.9 Å². The third-order valence-corrected chi connectivity index (χ3v) is 2.47. The predicted molar refractivity (Wildman–Crippen MR) is 56.1 cm³/mol. The van der Waals surface area contributed by atoms with Gasteiger partial charge in [0.05, 0.1) is 0 Å². The summed E-state index contributed by atoms with van der Waals surface area (Å²) in [5, 5.41) is 16.8. The Morgan fingerprint density at radius 3 is 2.38 bits per heavy atom. The Kier molecular flexibility index (Phi) is 2.96. The number of halogens is 1. The van der Waals surface area contributed by atoms with Gasteiger partial charge >= 0.3 is 0 Å². The smallest absolute Gasteiger partial charge is 0.158 e. The van der Waals surface area contributed by atoms with Crippen LogP contribution in [0.25, 0.3) is 0 Å². The van der Waals surface area contributed by atoms with E-state index < -0.39 is 0 Å². The summed E-state index contributed by atoms with van der Waals surface area (Å²) < 4.78 is 14.4. The molecule has 0 fully saturated rings. The van der Waals surface area contributed by atoms with E-state index in [1.165, 1.54) is 12.1 Å². The second-order valence-corrected chi connectivity index (χ2v) is 3.55. The van der Waals surface area contributed by atoms with Crippen molar-refractivity contribution in [3.8, 4) is 0 Å². The van der Waals surface area contributed by atoms with Gasteiger partial charge in [-0.05, 0) is 17.7 Å². The number of hydrogen-bond acceptors (Lipinski definition) is 3. The van der Waals surface area contributed by atoms with Crippen molar-refractivity contribution in [3.05, 3.63) is 47.3 Å². The zero-order valence-electron chi connectivity index (χ0n) is 8.89. The van der Waals surface area contributed by atoms with Gasteiger partial charge in [0.25, 0.3) is 0 Å². The van der Waals surface area contributed by atoms with Gasteiger partial charge in [0.15, 0.2) is 5.82 Å². The number of aliphatic hydroxyl groups is 1. The third-order valence-electron chi connectivity index (χ3n) is 2.47. The standard InChI is InChI=1S/C11H12FN3O/c1-15-10(13-14-11(15)7-16)6-8-2-4-9(12)5-3-8/h2-5,16H,6-7H2,1H3. The van der Waals surface area contributed by atoms with Crippen molar-refractivity contribution in [1.29, 1.82) is 0 Å². The van der Waals surface area contributed by atoms with Crippen LogP contribution in [0.15, 0.2) is 24.3 Å². The average molecular weight is 221 g/mol. The fourth-order valence-electron chi connectivity index (χ4n) is 1.48. The molecular formula is C11H12FN3O. The van der Waals surface area contributed by atoms with Crippen LogP contribution in [0.2, 0.25) is 0 Å². The number of nitrogens with zero attached hydrogens (tertiary/aromatic N) is 3. The summed E-state index contributed by atoms with van der Waals surface area (Å²) in [6.07, 6.45) is 0.573. The molecule has 0 aliphatic carbocycles. The third kappa shape index (κ3) is 2.09. The molecular weight excluding hydrogens is 209 g/mol. The van der Waals surface area contributed by atoms with Crippen molar-refractivity contribution in [1.82, 2.24) is 14.8 Å². The van der Waals surface area contributed by atoms with Crippen molar-refractivity contribution in [2.24, 2.45) is 7.05 Å². The topological polar surface area (TPSA) is 50.9 Å². The molecule has 1 aromatic carbocycles. The number of hydrogen-bond donors (Lipinski definition) is 1. The molecule has 84 valence electrons. The van der Waals surface area contributed by atoms with Crippen LogP contribution < -0.4 is 0 Å². The van der Waals surface area contributed by atoms with Gasteiger partial charge in [-0.3, -0.25) is 0 Å². The number of benzene rings is 1. The molecule has 2 rings (SSSR count). The molecule has 2 aromatic rings. The lowest BCUT2D eigenvalue weighted by Gasteiger charge is -2.02. The van der Waals surface area contributed by atoms with E-state index in [9.17, 15) is 4.39 Å². The van der Waals surface area contributed by atoms with E-state index in [1.54, 1.807) is 23.7 Å². The van der Waals surface area contributed by atoms with Crippen molar-refractivity contribution in [2.75, 3.05) is 0 Å². The van der Waals surface area contributed by atoms with E-state index in [0.29, 0.717) is 12.2 Å². The zero-order valence-corrected chi connectivity index (χ0v) is 8.89. The lowest BCUT2D eigenvalue weighted by atomic mass is 10.1. The van der Waals surface area contributed by atoms with Crippen molar-refractivity contribution >= 4 is 0 Å². The van der Waals surface area contributed by atoms with Crippen molar-refractivity contribution < 1.29 is 9.50 Å². The van der Waals surface area contributed by atoms with Gasteiger partial charge in [0, 0.05) is 13.5 Å². The molecule has 0 spiro atoms. The Bertz CT molecular complexity index is 478. The highest BCUT2D eigenvalue weighted by atomic mass is 19.1. The largest absolute Gasteiger partial charge is 0.388 e. The number of rotatable bonds is 3. The summed E-state index contributed by atoms with van der Waals surface area (Å²) in [6.45, 7) is -0.132. The number of aliphatic hydroxyl groups excluding tert-OH is 1. The van der Waals surface area contributed by atoms with Gasteiger partial charge in [-0.1, -0.05) is 12.1 Å². The van der Waals surface area contributed by atoms with Gasteiger partial charge in [0.1, 0.15) is 18.2 Å². The quantitative estimate of drug-likeness (QED) is 0.842. The predicted octanol–water partition coefficient (Wildman–Crippen LogP) is 1.04. The van der Waals surface area contributed by atoms with Gasteiger partial charge in [-0.2, -0.15) is 0 Å². The maximum Gasteiger partial charge on any atom is 0.158 e. The van der Waals surface area contributed by atoms with E-state index in [1.807, 2.05) is 0 Å². The molecule has 0 atom stereocenters. The highest BCUT2D eigenvalue weighted by molar-refractivity contribution is 5.20. The fourth-order valence-corrected chi connectivity index (χ4v) is 1.48. The van der Waals surface area contributed by atoms with E-state index in [0.717, 1.165) is 11.4 Å². The highest BCUT2D eigenvalue weighted by Gasteiger charge is 2.07. The molecule has 1 heterocycles. The van der Waals surface area contributed by atoms with Crippen LogP contribution in [0.4, 0.5) is 4.39 Å². The summed E-state index contributed by atoms with van der Waals surface area (Å²) in [5.41, 5.74) is 0.960. The van der Waals surface area contributed by atoms with Crippen LogP contribution in [0, 0.1) is 5.82 Å². The van der Waals surface area contributed by atoms with E-state index >= 15 is 0 Å². The Hall–Kier alpha value is -1.75. The van der Waals surface area contributed by atoms with Crippen LogP contribution in [0.3, 0.4) is 0 Å². The Morgan fingerprint density at radius 2 is 1.81 bits per heavy atom. The first-order valence-corrected chi connectivity index (χ1v) is 4.93. The summed E-state index contributed by atoms with van der Waals surface area (Å²) in [5.74, 6) is 1.02. The minimum atomic E-state index is -0.252. The molecule has 0 amide bonds. The Morgan fingerprint density at radius 1 is 1.19 bits per heavy atom. The summed E-state index contributed by atoms with van der Waals surface area (Å²) in [6, 6.07) is 6.25. The van der Waals surface area contributed by atoms with Gasteiger partial charge < -0.3 is 9.67 Å². The molecule has 0 aliphatic rings. The molecule has 0 radical (unpaired) electrons. The van der Waals surface area contributed by atoms with E-state index in [2.05, 4.69) is 10.2 Å². The molecule has 0 aliphatic heterocycles. The first-order chi connectivity index (χ1) is 7.70. The first-order valence-electron chi connectivity index (χ1n) is 4.93. The van der Waals surface area contributed by atoms with Crippen molar-refractivity contribution in [3.63, 3.8) is 0 Å². The van der Waals surface area contributed by atoms with Crippen LogP contribution in [0.1, 0.15) is 17.2 Å². The SMILES string of the molecule is Cn1c(CO)nnc1Cc1ccc(F)cc1. The minimum Gasteiger partial charge on any atom is -0.388 e. The molecule has 1 N–H and O–H groups in total. The maximum atomic E-state index is 12.7. The van der Waals surface area contributed by atoms with Gasteiger partial charge in [0.2, 0.25) is 0 Å². The zero-order chi connectivity index (χ0) is 11.5. The Balaban J connectivity index is 2.20. The summed E-state index contributed by atoms with van der Waals surface area (Å²) >= 11 is 0. The molecule has 0 bridgehead atoms. The fraction of sp³-hybridized carbons (Fsp3) is 0.273. The van der Waals surface area contributed by atoms with Gasteiger partial charge in [-0.15, -0.1) is 10.2 Å². The first kappa shape index (κ1) is 10.8. The minimum absolute atomic E-state index is 0.132. The second kappa shape index (κ2) is 4.40. The molecule has 0 saturated heterocycles. The molecule has 0 unspecified atom stereocenters. The molecule has 4 nitrogen and oxygen atoms in total. The van der Waals surface area contributed by atoms with Crippen LogP contribution in [-0.2, 0) is 20.1 Å². The van der Waals surface area contributed by atoms with E-state index in [-0.39, 0.29) is 12.4 Å². The van der Waals surface area contributed by atoms with Crippen LogP contribution in [0.5, 0.6) is 0 Å². The van der Waals surface area contributed by atoms with Crippen LogP contribution >= 0.6 is 0 Å². The average Bonchev–Trinajstić information content (AvgIpc) is 2.63. The molecule has 5 heteroatoms. The lowest BCUT2D eigenvalue weighted by molar-refractivity contribution is 0.266. The van der Waals surface area contributed by atoms with Crippen molar-refractivity contribution in [2.45, 2.75) is 13.0 Å². The van der Waals surface area contributed by atoms with Gasteiger partial charge in [-0.25, -0.2) is 4.39 Å². The molecule has 1 aromatic heterocycles. The summed E-state index contributed by atoms with van der Waals surface area (Å²) in [4.78, 5) is 0. The number of aromatic nitrogens is 3. The second-order valence-electron chi connectivity index (χ2n) is 3.55. The Labute approximate surface area is 92.4 Å². The lowest BCUT2D eigenvalue weighted by Crippen LogP contribution is -2.03. The summed E-state index contributed by atoms with van der Waals surface area (Å²) in [7, 11) is 1.80. The molecule has 0 saturated carbocycles. The highest BCUT2D eigenvalue weighted by Crippen LogP contribution is 2.09. The maximum absolute atomic E-state index is 12.7. The normalized spacial score (nSPS) is 10.7. The van der Waals surface area contributed by atoms with E-state index in [4.69, 9.17) is 5.11 Å². The molecule has 16 heavy (non-hydrogen) atoms. The monoisotopic (exact) mass is 221 g/mol.